The number of hydrogen-bond donors (Lipinski definition) is 4. The van der Waals surface area contributed by atoms with Crippen LogP contribution in [0.2, 0.25) is 0 Å². The van der Waals surface area contributed by atoms with Crippen LogP contribution in [0.1, 0.15) is 26.3 Å². The van der Waals surface area contributed by atoms with Gasteiger partial charge in [-0.3, -0.25) is 9.79 Å². The molecule has 4 N–H and O–H groups in total. The van der Waals surface area contributed by atoms with Crippen molar-refractivity contribution in [3.63, 3.8) is 0 Å². The maximum Gasteiger partial charge on any atom is 0.239 e. The minimum atomic E-state index is -0.264. The molecule has 2 rings (SSSR count). The zero-order valence-electron chi connectivity index (χ0n) is 15.2. The number of benzene rings is 1. The third-order valence-electron chi connectivity index (χ3n) is 3.57. The maximum atomic E-state index is 13.4. The number of nitrogens with one attached hydrogen (secondary N) is 4. The van der Waals surface area contributed by atoms with Crippen LogP contribution in [0.5, 0.6) is 0 Å². The summed E-state index contributed by atoms with van der Waals surface area (Å²) in [5, 5.41) is 9.90. The summed E-state index contributed by atoms with van der Waals surface area (Å²) >= 11 is 0. The van der Waals surface area contributed by atoms with Crippen molar-refractivity contribution >= 4 is 22.8 Å². The predicted molar refractivity (Wildman–Crippen MR) is 99.2 cm³/mol. The van der Waals surface area contributed by atoms with Gasteiger partial charge in [-0.15, -0.1) is 0 Å². The van der Waals surface area contributed by atoms with Gasteiger partial charge in [0.05, 0.1) is 6.54 Å². The standard InChI is InChI=1S/C18H26FN5O/c1-18(2,3)24-16(25)11-23-17(20-4)21-8-7-12-10-22-15-6-5-13(19)9-14(12)15/h5-6,9-10,22H,7-8,11H2,1-4H3,(H,24,25)(H2,20,21,23). The minimum Gasteiger partial charge on any atom is -0.361 e. The summed E-state index contributed by atoms with van der Waals surface area (Å²) in [7, 11) is 1.65. The van der Waals surface area contributed by atoms with Crippen molar-refractivity contribution in [2.24, 2.45) is 4.99 Å². The highest BCUT2D eigenvalue weighted by molar-refractivity contribution is 5.87. The number of H-pyrrole nitrogens is 1. The second-order valence-corrected chi connectivity index (χ2v) is 6.90. The van der Waals surface area contributed by atoms with Crippen LogP contribution in [-0.4, -0.2) is 42.5 Å². The number of carbonyl (C=O) groups is 1. The number of rotatable bonds is 5. The molecule has 0 radical (unpaired) electrons. The van der Waals surface area contributed by atoms with E-state index < -0.39 is 0 Å². The molecule has 1 heterocycles. The second-order valence-electron chi connectivity index (χ2n) is 6.90. The van der Waals surface area contributed by atoms with Crippen molar-refractivity contribution in [1.82, 2.24) is 20.9 Å². The zero-order valence-corrected chi connectivity index (χ0v) is 15.2. The quantitative estimate of drug-likeness (QED) is 0.493. The molecular weight excluding hydrogens is 321 g/mol. The Balaban J connectivity index is 1.83. The van der Waals surface area contributed by atoms with Gasteiger partial charge in [-0.2, -0.15) is 0 Å². The van der Waals surface area contributed by atoms with Crippen LogP contribution < -0.4 is 16.0 Å². The summed E-state index contributed by atoms with van der Waals surface area (Å²) in [5.74, 6) is 0.210. The zero-order chi connectivity index (χ0) is 18.4. The van der Waals surface area contributed by atoms with E-state index in [4.69, 9.17) is 0 Å². The summed E-state index contributed by atoms with van der Waals surface area (Å²) in [4.78, 5) is 19.1. The molecule has 0 atom stereocenters. The maximum absolute atomic E-state index is 13.4. The van der Waals surface area contributed by atoms with Gasteiger partial charge in [-0.25, -0.2) is 4.39 Å². The van der Waals surface area contributed by atoms with Gasteiger partial charge in [0.2, 0.25) is 5.91 Å². The van der Waals surface area contributed by atoms with Crippen LogP contribution in [0.25, 0.3) is 10.9 Å². The first-order valence-corrected chi connectivity index (χ1v) is 8.29. The largest absolute Gasteiger partial charge is 0.361 e. The Bertz CT molecular complexity index is 760. The van der Waals surface area contributed by atoms with Crippen molar-refractivity contribution in [3.05, 3.63) is 35.8 Å². The summed E-state index contributed by atoms with van der Waals surface area (Å²) in [6, 6.07) is 4.70. The van der Waals surface area contributed by atoms with E-state index in [0.717, 1.165) is 16.5 Å². The lowest BCUT2D eigenvalue weighted by molar-refractivity contribution is -0.121. The molecule has 0 aliphatic rings. The Morgan fingerprint density at radius 1 is 1.28 bits per heavy atom. The van der Waals surface area contributed by atoms with Gasteiger partial charge in [0.15, 0.2) is 5.96 Å². The van der Waals surface area contributed by atoms with Gasteiger partial charge in [0.25, 0.3) is 0 Å². The highest BCUT2D eigenvalue weighted by Crippen LogP contribution is 2.19. The molecule has 0 unspecified atom stereocenters. The molecule has 1 aromatic heterocycles. The Morgan fingerprint density at radius 3 is 2.72 bits per heavy atom. The molecule has 0 aliphatic heterocycles. The van der Waals surface area contributed by atoms with Crippen LogP contribution in [0, 0.1) is 5.82 Å². The van der Waals surface area contributed by atoms with Crippen molar-refractivity contribution in [2.45, 2.75) is 32.7 Å². The molecule has 0 saturated heterocycles. The van der Waals surface area contributed by atoms with Gasteiger partial charge in [0.1, 0.15) is 5.82 Å². The first kappa shape index (κ1) is 18.8. The number of amides is 1. The average Bonchev–Trinajstić information content (AvgIpc) is 2.91. The molecule has 0 bridgehead atoms. The molecule has 0 aliphatic carbocycles. The molecule has 0 spiro atoms. The topological polar surface area (TPSA) is 81.3 Å². The van der Waals surface area contributed by atoms with Crippen molar-refractivity contribution < 1.29 is 9.18 Å². The Morgan fingerprint density at radius 2 is 2.04 bits per heavy atom. The molecule has 0 fully saturated rings. The van der Waals surface area contributed by atoms with E-state index in [9.17, 15) is 9.18 Å². The summed E-state index contributed by atoms with van der Waals surface area (Å²) in [5.41, 5.74) is 1.68. The number of hydrogen-bond acceptors (Lipinski definition) is 2. The van der Waals surface area contributed by atoms with Gasteiger partial charge < -0.3 is 20.9 Å². The lowest BCUT2D eigenvalue weighted by Gasteiger charge is -2.21. The number of aliphatic imine (C=N–C) groups is 1. The monoisotopic (exact) mass is 347 g/mol. The number of aromatic nitrogens is 1. The van der Waals surface area contributed by atoms with Gasteiger partial charge >= 0.3 is 0 Å². The van der Waals surface area contributed by atoms with E-state index >= 15 is 0 Å². The van der Waals surface area contributed by atoms with Crippen LogP contribution in [0.4, 0.5) is 4.39 Å². The van der Waals surface area contributed by atoms with E-state index in [1.807, 2.05) is 27.0 Å². The summed E-state index contributed by atoms with van der Waals surface area (Å²) in [6.45, 7) is 6.56. The number of halogens is 1. The fourth-order valence-corrected chi connectivity index (χ4v) is 2.52. The lowest BCUT2D eigenvalue weighted by Crippen LogP contribution is -2.48. The Kier molecular flexibility index (Phi) is 6.01. The molecule has 0 saturated carbocycles. The first-order valence-electron chi connectivity index (χ1n) is 8.29. The van der Waals surface area contributed by atoms with E-state index in [-0.39, 0.29) is 23.8 Å². The highest BCUT2D eigenvalue weighted by Gasteiger charge is 2.13. The Hall–Kier alpha value is -2.57. The van der Waals surface area contributed by atoms with Gasteiger partial charge in [-0.1, -0.05) is 0 Å². The van der Waals surface area contributed by atoms with Gasteiger partial charge in [-0.05, 0) is 51.0 Å². The van der Waals surface area contributed by atoms with Crippen molar-refractivity contribution in [3.8, 4) is 0 Å². The lowest BCUT2D eigenvalue weighted by atomic mass is 10.1. The van der Waals surface area contributed by atoms with E-state index in [0.29, 0.717) is 18.9 Å². The second kappa shape index (κ2) is 8.00. The van der Waals surface area contributed by atoms with E-state index in [1.54, 1.807) is 13.1 Å². The van der Waals surface area contributed by atoms with Crippen LogP contribution in [-0.2, 0) is 11.2 Å². The normalized spacial score (nSPS) is 12.3. The fraction of sp³-hybridized carbons (Fsp3) is 0.444. The third-order valence-corrected chi connectivity index (χ3v) is 3.57. The number of aromatic amines is 1. The smallest absolute Gasteiger partial charge is 0.239 e. The molecular formula is C18H26FN5O. The first-order chi connectivity index (χ1) is 11.8. The van der Waals surface area contributed by atoms with Crippen molar-refractivity contribution in [1.29, 1.82) is 0 Å². The number of guanidine groups is 1. The van der Waals surface area contributed by atoms with E-state index in [2.05, 4.69) is 25.9 Å². The average molecular weight is 347 g/mol. The molecule has 2 aromatic rings. The van der Waals surface area contributed by atoms with Crippen LogP contribution in [0.15, 0.2) is 29.4 Å². The van der Waals surface area contributed by atoms with E-state index in [1.165, 1.54) is 12.1 Å². The fourth-order valence-electron chi connectivity index (χ4n) is 2.52. The molecule has 6 nitrogen and oxygen atoms in total. The third kappa shape index (κ3) is 5.77. The summed E-state index contributed by atoms with van der Waals surface area (Å²) in [6.07, 6.45) is 2.59. The number of fused-ring (bicyclic) bond motifs is 1. The predicted octanol–water partition coefficient (Wildman–Crippen LogP) is 1.93. The highest BCUT2D eigenvalue weighted by atomic mass is 19.1. The molecule has 1 aromatic carbocycles. The summed E-state index contributed by atoms with van der Waals surface area (Å²) < 4.78 is 13.4. The molecule has 136 valence electrons. The molecule has 25 heavy (non-hydrogen) atoms. The van der Waals surface area contributed by atoms with Gasteiger partial charge in [0, 0.05) is 36.2 Å². The minimum absolute atomic E-state index is 0.0949. The van der Waals surface area contributed by atoms with Crippen LogP contribution in [0.3, 0.4) is 0 Å². The molecule has 1 amide bonds. The number of carbonyl (C=O) groups excluding carboxylic acids is 1. The SMILES string of the molecule is CN=C(NCCc1c[nH]c2ccc(F)cc12)NCC(=O)NC(C)(C)C. The van der Waals surface area contributed by atoms with Crippen molar-refractivity contribution in [2.75, 3.05) is 20.1 Å². The van der Waals surface area contributed by atoms with Crippen LogP contribution >= 0.6 is 0 Å². The Labute approximate surface area is 147 Å². The molecule has 7 heteroatoms. The number of nitrogens with zero attached hydrogens (tertiary/aromatic N) is 1.